The van der Waals surface area contributed by atoms with Gasteiger partial charge in [-0.05, 0) is 42.9 Å². The molecule has 0 aromatic rings. The van der Waals surface area contributed by atoms with E-state index in [0.29, 0.717) is 16.9 Å². The number of fused-ring (bicyclic) bond motifs is 2. The Bertz CT molecular complexity index is 251. The van der Waals surface area contributed by atoms with Crippen LogP contribution in [0.3, 0.4) is 0 Å². The number of rotatable bonds is 3. The van der Waals surface area contributed by atoms with Crippen molar-refractivity contribution in [3.8, 4) is 0 Å². The quantitative estimate of drug-likeness (QED) is 0.750. The van der Waals surface area contributed by atoms with Gasteiger partial charge in [-0.3, -0.25) is 0 Å². The summed E-state index contributed by atoms with van der Waals surface area (Å²) in [5.41, 5.74) is 0.904. The van der Waals surface area contributed by atoms with Gasteiger partial charge in [-0.2, -0.15) is 0 Å². The van der Waals surface area contributed by atoms with E-state index in [4.69, 9.17) is 5.11 Å². The van der Waals surface area contributed by atoms with Crippen molar-refractivity contribution in [2.45, 2.75) is 59.0 Å². The van der Waals surface area contributed by atoms with Gasteiger partial charge >= 0.3 is 0 Å². The summed E-state index contributed by atoms with van der Waals surface area (Å²) in [6, 6.07) is 0.843. The highest BCUT2D eigenvalue weighted by atomic mass is 16.3. The van der Waals surface area contributed by atoms with Crippen LogP contribution in [0.5, 0.6) is 0 Å². The van der Waals surface area contributed by atoms with Gasteiger partial charge in [0.25, 0.3) is 0 Å². The predicted octanol–water partition coefficient (Wildman–Crippen LogP) is 2.17. The zero-order valence-corrected chi connectivity index (χ0v) is 10.5. The van der Waals surface area contributed by atoms with E-state index in [1.807, 2.05) is 0 Å². The van der Waals surface area contributed by atoms with Gasteiger partial charge < -0.3 is 10.4 Å². The van der Waals surface area contributed by atoms with E-state index in [2.05, 4.69) is 33.0 Å². The Labute approximate surface area is 93.5 Å². The average Bonchev–Trinajstić information content (AvgIpc) is 2.50. The van der Waals surface area contributed by atoms with Gasteiger partial charge in [0.15, 0.2) is 0 Å². The third-order valence-electron chi connectivity index (χ3n) is 5.55. The summed E-state index contributed by atoms with van der Waals surface area (Å²) in [6.45, 7) is 9.60. The van der Waals surface area contributed by atoms with Crippen LogP contribution in [-0.4, -0.2) is 23.8 Å². The van der Waals surface area contributed by atoms with Crippen molar-refractivity contribution in [3.63, 3.8) is 0 Å². The van der Waals surface area contributed by atoms with Crippen molar-refractivity contribution >= 4 is 0 Å². The smallest absolute Gasteiger partial charge is 0.0582 e. The van der Waals surface area contributed by atoms with Crippen LogP contribution in [0.15, 0.2) is 0 Å². The molecule has 0 saturated heterocycles. The van der Waals surface area contributed by atoms with Crippen molar-refractivity contribution in [2.24, 2.45) is 16.7 Å². The molecule has 0 heterocycles. The molecule has 2 nitrogen and oxygen atoms in total. The third-order valence-corrected chi connectivity index (χ3v) is 5.55. The zero-order valence-electron chi connectivity index (χ0n) is 10.5. The first-order valence-corrected chi connectivity index (χ1v) is 6.28. The van der Waals surface area contributed by atoms with E-state index in [9.17, 15) is 0 Å². The maximum absolute atomic E-state index is 9.12. The summed E-state index contributed by atoms with van der Waals surface area (Å²) in [7, 11) is 0. The molecule has 2 N–H and O–H groups in total. The molecule has 2 fully saturated rings. The lowest BCUT2D eigenvalue weighted by atomic mass is 9.69. The Kier molecular flexibility index (Phi) is 2.63. The highest BCUT2D eigenvalue weighted by Gasteiger charge is 2.61. The minimum Gasteiger partial charge on any atom is -0.395 e. The summed E-state index contributed by atoms with van der Waals surface area (Å²) in [4.78, 5) is 0. The normalized spacial score (nSPS) is 44.6. The second-order valence-corrected chi connectivity index (χ2v) is 6.41. The van der Waals surface area contributed by atoms with Crippen LogP contribution in [0.1, 0.15) is 47.0 Å². The van der Waals surface area contributed by atoms with Gasteiger partial charge in [0, 0.05) is 12.1 Å². The molecule has 88 valence electrons. The molecule has 0 spiro atoms. The zero-order chi connectivity index (χ0) is 11.3. The monoisotopic (exact) mass is 211 g/mol. The lowest BCUT2D eigenvalue weighted by molar-refractivity contribution is 0.109. The summed E-state index contributed by atoms with van der Waals surface area (Å²) in [5.74, 6) is 0.880. The lowest BCUT2D eigenvalue weighted by Crippen LogP contribution is -2.48. The van der Waals surface area contributed by atoms with E-state index >= 15 is 0 Å². The second kappa shape index (κ2) is 3.46. The fraction of sp³-hybridized carbons (Fsp3) is 1.00. The number of hydrogen-bond donors (Lipinski definition) is 2. The Morgan fingerprint density at radius 2 is 2.07 bits per heavy atom. The molecule has 2 heteroatoms. The second-order valence-electron chi connectivity index (χ2n) is 6.41. The van der Waals surface area contributed by atoms with Crippen molar-refractivity contribution in [1.82, 2.24) is 5.32 Å². The van der Waals surface area contributed by atoms with E-state index in [1.54, 1.807) is 0 Å². The average molecular weight is 211 g/mol. The van der Waals surface area contributed by atoms with Crippen molar-refractivity contribution < 1.29 is 5.11 Å². The van der Waals surface area contributed by atoms with Crippen molar-refractivity contribution in [2.75, 3.05) is 6.61 Å². The van der Waals surface area contributed by atoms with Gasteiger partial charge in [0.05, 0.1) is 6.61 Å². The summed E-state index contributed by atoms with van der Waals surface area (Å²) < 4.78 is 0. The van der Waals surface area contributed by atoms with Crippen molar-refractivity contribution in [1.29, 1.82) is 0 Å². The van der Waals surface area contributed by atoms with E-state index in [1.165, 1.54) is 19.3 Å². The highest BCUT2D eigenvalue weighted by Crippen LogP contribution is 2.65. The van der Waals surface area contributed by atoms with E-state index < -0.39 is 0 Å². The molecule has 3 unspecified atom stereocenters. The summed E-state index contributed by atoms with van der Waals surface area (Å²) in [5, 5.41) is 12.7. The summed E-state index contributed by atoms with van der Waals surface area (Å²) >= 11 is 0. The first-order chi connectivity index (χ1) is 6.91. The molecular weight excluding hydrogens is 186 g/mol. The molecule has 2 aliphatic rings. The van der Waals surface area contributed by atoms with Crippen LogP contribution in [0.25, 0.3) is 0 Å². The first kappa shape index (κ1) is 11.4. The minimum atomic E-state index is 0.238. The Morgan fingerprint density at radius 1 is 1.40 bits per heavy atom. The van der Waals surface area contributed by atoms with Crippen LogP contribution in [0, 0.1) is 16.7 Å². The largest absolute Gasteiger partial charge is 0.395 e. The molecule has 0 amide bonds. The van der Waals surface area contributed by atoms with Gasteiger partial charge in [-0.15, -0.1) is 0 Å². The maximum atomic E-state index is 9.12. The summed E-state index contributed by atoms with van der Waals surface area (Å²) in [6.07, 6.45) is 4.05. The fourth-order valence-corrected chi connectivity index (χ4v) is 3.85. The third kappa shape index (κ3) is 1.45. The van der Waals surface area contributed by atoms with Crippen LogP contribution in [0.2, 0.25) is 0 Å². The fourth-order valence-electron chi connectivity index (χ4n) is 3.85. The number of aliphatic hydroxyl groups is 1. The molecule has 0 aliphatic heterocycles. The van der Waals surface area contributed by atoms with Gasteiger partial charge in [0.1, 0.15) is 0 Å². The highest BCUT2D eigenvalue weighted by molar-refractivity contribution is 5.13. The molecular formula is C13H25NO. The molecule has 0 aromatic carbocycles. The van der Waals surface area contributed by atoms with Crippen LogP contribution in [0.4, 0.5) is 0 Å². The van der Waals surface area contributed by atoms with Crippen molar-refractivity contribution in [3.05, 3.63) is 0 Å². The molecule has 2 aliphatic carbocycles. The number of nitrogens with one attached hydrogen (secondary N) is 1. The van der Waals surface area contributed by atoms with E-state index in [0.717, 1.165) is 5.92 Å². The van der Waals surface area contributed by atoms with Crippen LogP contribution < -0.4 is 5.32 Å². The topological polar surface area (TPSA) is 32.3 Å². The van der Waals surface area contributed by atoms with Gasteiger partial charge in [0.2, 0.25) is 0 Å². The Balaban J connectivity index is 2.12. The minimum absolute atomic E-state index is 0.238. The maximum Gasteiger partial charge on any atom is 0.0582 e. The molecule has 15 heavy (non-hydrogen) atoms. The molecule has 2 rings (SSSR count). The van der Waals surface area contributed by atoms with Gasteiger partial charge in [-0.1, -0.05) is 20.8 Å². The van der Waals surface area contributed by atoms with Crippen LogP contribution in [-0.2, 0) is 0 Å². The lowest BCUT2D eigenvalue weighted by Gasteiger charge is -2.40. The Morgan fingerprint density at radius 3 is 2.47 bits per heavy atom. The SMILES string of the molecule is C[C@@H](CO)NC1CC2CCC1(C)C2(C)C. The molecule has 0 radical (unpaired) electrons. The van der Waals surface area contributed by atoms with Crippen LogP contribution >= 0.6 is 0 Å². The number of aliphatic hydroxyl groups excluding tert-OH is 1. The molecule has 2 saturated carbocycles. The standard InChI is InChI=1S/C13H25NO/c1-9(8-15)14-11-7-10-5-6-13(11,4)12(10,2)3/h9-11,14-15H,5-8H2,1-4H3/t9-,10?,11?,13?/m0/s1. The predicted molar refractivity (Wildman–Crippen MR) is 62.7 cm³/mol. The number of hydrogen-bond acceptors (Lipinski definition) is 2. The molecule has 0 aromatic heterocycles. The molecule has 2 bridgehead atoms. The van der Waals surface area contributed by atoms with Gasteiger partial charge in [-0.25, -0.2) is 0 Å². The first-order valence-electron chi connectivity index (χ1n) is 6.28. The van der Waals surface area contributed by atoms with E-state index in [-0.39, 0.29) is 12.6 Å². The molecule has 4 atom stereocenters. The Hall–Kier alpha value is -0.0800.